The molecule has 1 fully saturated rings. The standard InChI is InChI=1S/C21H20FN3O3/c1-2-11-23-21(28)15-7-3-5-9-17(15)24-20(27)14-12-19(26)25(13-14)18-10-6-4-8-16(18)22/h2-10,14H,1,11-13H2,(H,23,28)(H,24,27)/t14-/m0/s1. The van der Waals surface area contributed by atoms with Gasteiger partial charge in [-0.3, -0.25) is 14.4 Å². The van der Waals surface area contributed by atoms with Crippen molar-refractivity contribution in [3.05, 3.63) is 72.6 Å². The van der Waals surface area contributed by atoms with Crippen LogP contribution < -0.4 is 15.5 Å². The van der Waals surface area contributed by atoms with Gasteiger partial charge in [0.25, 0.3) is 5.91 Å². The molecule has 7 heteroatoms. The summed E-state index contributed by atoms with van der Waals surface area (Å²) < 4.78 is 14.0. The maximum Gasteiger partial charge on any atom is 0.253 e. The summed E-state index contributed by atoms with van der Waals surface area (Å²) in [6.45, 7) is 3.93. The van der Waals surface area contributed by atoms with Crippen LogP contribution in [0, 0.1) is 11.7 Å². The van der Waals surface area contributed by atoms with E-state index in [1.807, 2.05) is 0 Å². The van der Waals surface area contributed by atoms with Crippen molar-refractivity contribution in [1.82, 2.24) is 5.32 Å². The molecule has 0 unspecified atom stereocenters. The fraction of sp³-hybridized carbons (Fsp3) is 0.190. The average molecular weight is 381 g/mol. The Morgan fingerprint density at radius 2 is 1.89 bits per heavy atom. The molecule has 6 nitrogen and oxygen atoms in total. The van der Waals surface area contributed by atoms with E-state index in [4.69, 9.17) is 0 Å². The van der Waals surface area contributed by atoms with Gasteiger partial charge in [-0.25, -0.2) is 4.39 Å². The highest BCUT2D eigenvalue weighted by Crippen LogP contribution is 2.28. The molecule has 0 radical (unpaired) electrons. The van der Waals surface area contributed by atoms with Gasteiger partial charge in [-0.15, -0.1) is 6.58 Å². The smallest absolute Gasteiger partial charge is 0.253 e. The molecule has 2 N–H and O–H groups in total. The summed E-state index contributed by atoms with van der Waals surface area (Å²) in [4.78, 5) is 38.5. The fourth-order valence-electron chi connectivity index (χ4n) is 3.07. The van der Waals surface area contributed by atoms with Gasteiger partial charge in [-0.05, 0) is 24.3 Å². The van der Waals surface area contributed by atoms with Crippen LogP contribution in [0.25, 0.3) is 0 Å². The van der Waals surface area contributed by atoms with Gasteiger partial charge in [0.15, 0.2) is 0 Å². The van der Waals surface area contributed by atoms with Gasteiger partial charge in [-0.2, -0.15) is 0 Å². The second-order valence-corrected chi connectivity index (χ2v) is 6.39. The Morgan fingerprint density at radius 3 is 2.64 bits per heavy atom. The largest absolute Gasteiger partial charge is 0.349 e. The minimum atomic E-state index is -0.642. The molecule has 0 saturated carbocycles. The lowest BCUT2D eigenvalue weighted by molar-refractivity contribution is -0.122. The molecule has 0 aliphatic carbocycles. The molecule has 1 heterocycles. The molecule has 1 aliphatic heterocycles. The SMILES string of the molecule is C=CCNC(=O)c1ccccc1NC(=O)[C@H]1CC(=O)N(c2ccccc2F)C1. The number of nitrogens with zero attached hydrogens (tertiary/aromatic N) is 1. The van der Waals surface area contributed by atoms with Crippen molar-refractivity contribution in [3.63, 3.8) is 0 Å². The molecule has 28 heavy (non-hydrogen) atoms. The van der Waals surface area contributed by atoms with Crippen LogP contribution in [-0.2, 0) is 9.59 Å². The summed E-state index contributed by atoms with van der Waals surface area (Å²) in [7, 11) is 0. The van der Waals surface area contributed by atoms with E-state index >= 15 is 0 Å². The zero-order valence-electron chi connectivity index (χ0n) is 15.2. The highest BCUT2D eigenvalue weighted by molar-refractivity contribution is 6.07. The maximum absolute atomic E-state index is 14.0. The van der Waals surface area contributed by atoms with Crippen LogP contribution in [0.1, 0.15) is 16.8 Å². The third-order valence-electron chi connectivity index (χ3n) is 4.48. The fourth-order valence-corrected chi connectivity index (χ4v) is 3.07. The van der Waals surface area contributed by atoms with Crippen molar-refractivity contribution >= 4 is 29.1 Å². The van der Waals surface area contributed by atoms with E-state index in [9.17, 15) is 18.8 Å². The van der Waals surface area contributed by atoms with Crippen molar-refractivity contribution in [3.8, 4) is 0 Å². The molecule has 144 valence electrons. The van der Waals surface area contributed by atoms with Gasteiger partial charge in [-0.1, -0.05) is 30.3 Å². The summed E-state index contributed by atoms with van der Waals surface area (Å²) in [5.74, 6) is -2.21. The minimum absolute atomic E-state index is 0.0228. The van der Waals surface area contributed by atoms with Gasteiger partial charge >= 0.3 is 0 Å². The first kappa shape index (κ1) is 19.3. The van der Waals surface area contributed by atoms with Crippen LogP contribution in [0.4, 0.5) is 15.8 Å². The van der Waals surface area contributed by atoms with E-state index in [0.29, 0.717) is 17.8 Å². The van der Waals surface area contributed by atoms with Gasteiger partial charge in [0.1, 0.15) is 5.82 Å². The first-order valence-corrected chi connectivity index (χ1v) is 8.85. The molecule has 0 aromatic heterocycles. The van der Waals surface area contributed by atoms with Crippen molar-refractivity contribution in [1.29, 1.82) is 0 Å². The second-order valence-electron chi connectivity index (χ2n) is 6.39. The van der Waals surface area contributed by atoms with E-state index in [1.54, 1.807) is 36.4 Å². The number of carbonyl (C=O) groups is 3. The molecule has 1 saturated heterocycles. The second kappa shape index (κ2) is 8.47. The lowest BCUT2D eigenvalue weighted by atomic mass is 10.1. The Labute approximate surface area is 162 Å². The summed E-state index contributed by atoms with van der Waals surface area (Å²) in [6, 6.07) is 12.6. The van der Waals surface area contributed by atoms with E-state index in [1.165, 1.54) is 23.1 Å². The zero-order valence-corrected chi connectivity index (χ0v) is 15.2. The van der Waals surface area contributed by atoms with E-state index < -0.39 is 17.6 Å². The number of anilines is 2. The number of amides is 3. The van der Waals surface area contributed by atoms with E-state index in [-0.39, 0.29) is 30.5 Å². The molecular formula is C21H20FN3O3. The summed E-state index contributed by atoms with van der Waals surface area (Å²) in [5.41, 5.74) is 0.825. The lowest BCUT2D eigenvalue weighted by Gasteiger charge is -2.17. The number of carbonyl (C=O) groups excluding carboxylic acids is 3. The summed E-state index contributed by atoms with van der Waals surface area (Å²) >= 11 is 0. The van der Waals surface area contributed by atoms with Gasteiger partial charge in [0.2, 0.25) is 11.8 Å². The molecule has 1 atom stereocenters. The Hall–Kier alpha value is -3.48. The lowest BCUT2D eigenvalue weighted by Crippen LogP contribution is -2.30. The number of para-hydroxylation sites is 2. The predicted octanol–water partition coefficient (Wildman–Crippen LogP) is 2.73. The van der Waals surface area contributed by atoms with Gasteiger partial charge in [0.05, 0.1) is 22.9 Å². The Balaban J connectivity index is 1.73. The third kappa shape index (κ3) is 4.09. The highest BCUT2D eigenvalue weighted by Gasteiger charge is 2.36. The molecule has 2 aromatic carbocycles. The van der Waals surface area contributed by atoms with Crippen molar-refractivity contribution in [2.24, 2.45) is 5.92 Å². The van der Waals surface area contributed by atoms with Crippen molar-refractivity contribution in [2.75, 3.05) is 23.3 Å². The monoisotopic (exact) mass is 381 g/mol. The normalized spacial score (nSPS) is 16.0. The summed E-state index contributed by atoms with van der Waals surface area (Å²) in [5, 5.41) is 5.38. The number of benzene rings is 2. The number of nitrogens with one attached hydrogen (secondary N) is 2. The van der Waals surface area contributed by atoms with E-state index in [2.05, 4.69) is 17.2 Å². The summed E-state index contributed by atoms with van der Waals surface area (Å²) in [6.07, 6.45) is 1.53. The Bertz CT molecular complexity index is 929. The molecule has 2 aromatic rings. The molecule has 0 bridgehead atoms. The van der Waals surface area contributed by atoms with Crippen LogP contribution in [0.2, 0.25) is 0 Å². The first-order chi connectivity index (χ1) is 13.5. The number of hydrogen-bond donors (Lipinski definition) is 2. The average Bonchev–Trinajstić information content (AvgIpc) is 3.08. The highest BCUT2D eigenvalue weighted by atomic mass is 19.1. The quantitative estimate of drug-likeness (QED) is 0.756. The van der Waals surface area contributed by atoms with Crippen LogP contribution in [0.15, 0.2) is 61.2 Å². The topological polar surface area (TPSA) is 78.5 Å². The van der Waals surface area contributed by atoms with Crippen molar-refractivity contribution in [2.45, 2.75) is 6.42 Å². The minimum Gasteiger partial charge on any atom is -0.349 e. The van der Waals surface area contributed by atoms with E-state index in [0.717, 1.165) is 0 Å². The number of rotatable bonds is 6. The Kier molecular flexibility index (Phi) is 5.84. The molecule has 0 spiro atoms. The van der Waals surface area contributed by atoms with Crippen LogP contribution in [-0.4, -0.2) is 30.8 Å². The molecule has 1 aliphatic rings. The van der Waals surface area contributed by atoms with Crippen molar-refractivity contribution < 1.29 is 18.8 Å². The maximum atomic E-state index is 14.0. The van der Waals surface area contributed by atoms with Crippen LogP contribution >= 0.6 is 0 Å². The molecule has 3 rings (SSSR count). The molecular weight excluding hydrogens is 361 g/mol. The van der Waals surface area contributed by atoms with Gasteiger partial charge in [0, 0.05) is 19.5 Å². The van der Waals surface area contributed by atoms with Crippen LogP contribution in [0.3, 0.4) is 0 Å². The third-order valence-corrected chi connectivity index (χ3v) is 4.48. The van der Waals surface area contributed by atoms with Crippen LogP contribution in [0.5, 0.6) is 0 Å². The number of halogens is 1. The number of hydrogen-bond acceptors (Lipinski definition) is 3. The zero-order chi connectivity index (χ0) is 20.1. The first-order valence-electron chi connectivity index (χ1n) is 8.85. The Morgan fingerprint density at radius 1 is 1.18 bits per heavy atom. The predicted molar refractivity (Wildman–Crippen MR) is 104 cm³/mol. The molecule has 3 amide bonds. The van der Waals surface area contributed by atoms with Gasteiger partial charge < -0.3 is 15.5 Å².